The molecule has 4 rings (SSSR count). The minimum absolute atomic E-state index is 0.0273. The van der Waals surface area contributed by atoms with Crippen LogP contribution in [0.1, 0.15) is 39.7 Å². The number of likely N-dealkylation sites (tertiary alicyclic amines) is 1. The number of imidazole rings is 1. The molecule has 1 aromatic heterocycles. The van der Waals surface area contributed by atoms with Gasteiger partial charge in [0, 0.05) is 45.3 Å². The normalized spacial score (nSPS) is 18.8. The topological polar surface area (TPSA) is 68.9 Å². The third-order valence-corrected chi connectivity index (χ3v) is 6.95. The number of rotatable bonds is 4. The predicted octanol–water partition coefficient (Wildman–Crippen LogP) is 4.01. The quantitative estimate of drug-likeness (QED) is 0.636. The molecule has 0 radical (unpaired) electrons. The molecule has 0 atom stereocenters. The molecule has 1 aromatic carbocycles. The van der Waals surface area contributed by atoms with Gasteiger partial charge in [-0.25, -0.2) is 9.59 Å². The second kappa shape index (κ2) is 9.86. The molecule has 10 heteroatoms. The lowest BCUT2D eigenvalue weighted by Gasteiger charge is -2.33. The first-order valence-corrected chi connectivity index (χ1v) is 12.3. The standard InChI is InChI=1S/C23H32Cl2N4O4/c1-23(2,3)33-22(31)27-6-4-16(5-7-27)29-20-15-18(25)17(24)14-19(20)28(21(29)30)9-8-26-10-12-32-13-11-26/h14-16H,4-13H2,1-3H3. The van der Waals surface area contributed by atoms with Crippen molar-refractivity contribution in [3.63, 3.8) is 0 Å². The molecule has 0 saturated carbocycles. The zero-order valence-corrected chi connectivity index (χ0v) is 21.0. The van der Waals surface area contributed by atoms with Crippen molar-refractivity contribution in [2.24, 2.45) is 0 Å². The van der Waals surface area contributed by atoms with Gasteiger partial charge in [0.1, 0.15) is 5.60 Å². The number of piperidine rings is 1. The van der Waals surface area contributed by atoms with Gasteiger partial charge < -0.3 is 14.4 Å². The smallest absolute Gasteiger partial charge is 0.410 e. The third-order valence-electron chi connectivity index (χ3n) is 6.23. The van der Waals surface area contributed by atoms with Crippen LogP contribution in [-0.4, -0.2) is 76.6 Å². The summed E-state index contributed by atoms with van der Waals surface area (Å²) < 4.78 is 14.6. The van der Waals surface area contributed by atoms with E-state index >= 15 is 0 Å². The van der Waals surface area contributed by atoms with Crippen molar-refractivity contribution < 1.29 is 14.3 Å². The van der Waals surface area contributed by atoms with Crippen LogP contribution in [0.2, 0.25) is 10.0 Å². The lowest BCUT2D eigenvalue weighted by atomic mass is 10.0. The summed E-state index contributed by atoms with van der Waals surface area (Å²) in [5.41, 5.74) is 0.978. The minimum Gasteiger partial charge on any atom is -0.444 e. The van der Waals surface area contributed by atoms with Crippen LogP contribution in [0.15, 0.2) is 16.9 Å². The summed E-state index contributed by atoms with van der Waals surface area (Å²) in [6.45, 7) is 11.1. The number of carbonyl (C=O) groups is 1. The van der Waals surface area contributed by atoms with Crippen molar-refractivity contribution in [2.45, 2.75) is 51.8 Å². The molecule has 0 bridgehead atoms. The van der Waals surface area contributed by atoms with E-state index < -0.39 is 5.60 Å². The van der Waals surface area contributed by atoms with Crippen LogP contribution in [-0.2, 0) is 16.0 Å². The fourth-order valence-electron chi connectivity index (χ4n) is 4.54. The molecule has 0 N–H and O–H groups in total. The Morgan fingerprint density at radius 2 is 1.64 bits per heavy atom. The van der Waals surface area contributed by atoms with Gasteiger partial charge in [-0.15, -0.1) is 0 Å². The molecule has 2 saturated heterocycles. The van der Waals surface area contributed by atoms with E-state index in [1.807, 2.05) is 25.3 Å². The van der Waals surface area contributed by atoms with Gasteiger partial charge in [-0.3, -0.25) is 14.0 Å². The largest absolute Gasteiger partial charge is 0.444 e. The second-order valence-electron chi connectivity index (χ2n) is 9.71. The van der Waals surface area contributed by atoms with Crippen LogP contribution in [0.5, 0.6) is 0 Å². The Hall–Kier alpha value is -1.74. The SMILES string of the molecule is CC(C)(C)OC(=O)N1CCC(n2c(=O)n(CCN3CCOCC3)c3cc(Cl)c(Cl)cc32)CC1. The maximum atomic E-state index is 13.6. The first-order chi connectivity index (χ1) is 15.6. The number of amides is 1. The highest BCUT2D eigenvalue weighted by atomic mass is 35.5. The Bertz CT molecular complexity index is 1060. The fraction of sp³-hybridized carbons (Fsp3) is 0.652. The lowest BCUT2D eigenvalue weighted by molar-refractivity contribution is 0.0188. The van der Waals surface area contributed by atoms with Gasteiger partial charge in [-0.2, -0.15) is 0 Å². The van der Waals surface area contributed by atoms with Crippen molar-refractivity contribution >= 4 is 40.3 Å². The molecule has 0 unspecified atom stereocenters. The van der Waals surface area contributed by atoms with E-state index in [9.17, 15) is 9.59 Å². The van der Waals surface area contributed by atoms with Gasteiger partial charge >= 0.3 is 11.8 Å². The summed E-state index contributed by atoms with van der Waals surface area (Å²) in [7, 11) is 0. The van der Waals surface area contributed by atoms with Gasteiger partial charge in [0.15, 0.2) is 0 Å². The Morgan fingerprint density at radius 1 is 1.03 bits per heavy atom. The Balaban J connectivity index is 1.57. The number of aromatic nitrogens is 2. The van der Waals surface area contributed by atoms with Gasteiger partial charge in [0.05, 0.1) is 34.3 Å². The molecule has 0 spiro atoms. The van der Waals surface area contributed by atoms with Crippen LogP contribution < -0.4 is 5.69 Å². The summed E-state index contributed by atoms with van der Waals surface area (Å²) >= 11 is 12.7. The van der Waals surface area contributed by atoms with Crippen LogP contribution >= 0.6 is 23.2 Å². The van der Waals surface area contributed by atoms with Crippen LogP contribution in [0.4, 0.5) is 4.79 Å². The molecule has 3 heterocycles. The van der Waals surface area contributed by atoms with Crippen molar-refractivity contribution in [1.82, 2.24) is 18.9 Å². The van der Waals surface area contributed by atoms with E-state index in [1.54, 1.807) is 21.6 Å². The number of nitrogens with zero attached hydrogens (tertiary/aromatic N) is 4. The maximum absolute atomic E-state index is 13.6. The van der Waals surface area contributed by atoms with E-state index in [4.69, 9.17) is 32.7 Å². The summed E-state index contributed by atoms with van der Waals surface area (Å²) in [5, 5.41) is 0.857. The molecule has 2 aliphatic rings. The zero-order chi connectivity index (χ0) is 23.8. The van der Waals surface area contributed by atoms with Crippen LogP contribution in [0, 0.1) is 0 Å². The molecule has 8 nitrogen and oxygen atoms in total. The molecule has 182 valence electrons. The Labute approximate surface area is 203 Å². The highest BCUT2D eigenvalue weighted by Gasteiger charge is 2.30. The summed E-state index contributed by atoms with van der Waals surface area (Å²) in [6.07, 6.45) is 1.03. The molecule has 2 aromatic rings. The number of hydrogen-bond acceptors (Lipinski definition) is 5. The lowest BCUT2D eigenvalue weighted by Crippen LogP contribution is -2.43. The fourth-order valence-corrected chi connectivity index (χ4v) is 4.86. The van der Waals surface area contributed by atoms with Gasteiger partial charge in [-0.05, 0) is 45.7 Å². The van der Waals surface area contributed by atoms with Gasteiger partial charge in [0.25, 0.3) is 0 Å². The maximum Gasteiger partial charge on any atom is 0.410 e. The second-order valence-corrected chi connectivity index (χ2v) is 10.5. The van der Waals surface area contributed by atoms with Crippen molar-refractivity contribution in [2.75, 3.05) is 45.9 Å². The number of ether oxygens (including phenoxy) is 2. The van der Waals surface area contributed by atoms with Crippen molar-refractivity contribution in [3.8, 4) is 0 Å². The van der Waals surface area contributed by atoms with E-state index in [0.29, 0.717) is 55.7 Å². The van der Waals surface area contributed by atoms with E-state index in [-0.39, 0.29) is 17.8 Å². The highest BCUT2D eigenvalue weighted by Crippen LogP contribution is 2.31. The highest BCUT2D eigenvalue weighted by molar-refractivity contribution is 6.42. The monoisotopic (exact) mass is 498 g/mol. The molecule has 1 amide bonds. The number of fused-ring (bicyclic) bond motifs is 1. The number of hydrogen-bond donors (Lipinski definition) is 0. The predicted molar refractivity (Wildman–Crippen MR) is 130 cm³/mol. The van der Waals surface area contributed by atoms with Crippen molar-refractivity contribution in [3.05, 3.63) is 32.7 Å². The molecule has 2 aliphatic heterocycles. The summed E-state index contributed by atoms with van der Waals surface area (Å²) in [6, 6.07) is 3.54. The number of morpholine rings is 1. The first-order valence-electron chi connectivity index (χ1n) is 11.5. The Kier molecular flexibility index (Phi) is 7.29. The minimum atomic E-state index is -0.533. The van der Waals surface area contributed by atoms with Gasteiger partial charge in [0.2, 0.25) is 0 Å². The van der Waals surface area contributed by atoms with Crippen LogP contribution in [0.3, 0.4) is 0 Å². The first kappa shape index (κ1) is 24.4. The third kappa shape index (κ3) is 5.50. The van der Waals surface area contributed by atoms with Crippen molar-refractivity contribution in [1.29, 1.82) is 0 Å². The van der Waals surface area contributed by atoms with Gasteiger partial charge in [-0.1, -0.05) is 23.2 Å². The summed E-state index contributed by atoms with van der Waals surface area (Å²) in [4.78, 5) is 30.0. The van der Waals surface area contributed by atoms with Crippen LogP contribution in [0.25, 0.3) is 11.0 Å². The number of halogens is 2. The van der Waals surface area contributed by atoms with E-state index in [1.165, 1.54) is 0 Å². The van der Waals surface area contributed by atoms with E-state index in [0.717, 1.165) is 30.7 Å². The number of carbonyl (C=O) groups excluding carboxylic acids is 1. The zero-order valence-electron chi connectivity index (χ0n) is 19.5. The molecule has 33 heavy (non-hydrogen) atoms. The average molecular weight is 499 g/mol. The molecule has 2 fully saturated rings. The Morgan fingerprint density at radius 3 is 2.24 bits per heavy atom. The molecule has 0 aliphatic carbocycles. The molecular formula is C23H32Cl2N4O4. The van der Waals surface area contributed by atoms with E-state index in [2.05, 4.69) is 4.90 Å². The average Bonchev–Trinajstić information content (AvgIpc) is 3.02. The number of benzene rings is 1. The summed E-state index contributed by atoms with van der Waals surface area (Å²) in [5.74, 6) is 0. The molecular weight excluding hydrogens is 467 g/mol.